The highest BCUT2D eigenvalue weighted by Crippen LogP contribution is 2.32. The van der Waals surface area contributed by atoms with Crippen molar-refractivity contribution >= 4 is 0 Å². The topological polar surface area (TPSA) is 47.1 Å². The second-order valence-electron chi connectivity index (χ2n) is 7.29. The summed E-state index contributed by atoms with van der Waals surface area (Å²) >= 11 is 0. The van der Waals surface area contributed by atoms with Gasteiger partial charge in [0.1, 0.15) is 0 Å². The normalized spacial score (nSPS) is 16.2. The van der Waals surface area contributed by atoms with Gasteiger partial charge in [-0.3, -0.25) is 9.58 Å². The molecule has 0 N–H and O–H groups in total. The molecule has 1 aliphatic carbocycles. The molecule has 5 heteroatoms. The van der Waals surface area contributed by atoms with Crippen molar-refractivity contribution in [3.05, 3.63) is 35.0 Å². The Hall–Kier alpha value is -1.62. The molecule has 0 aromatic carbocycles. The van der Waals surface area contributed by atoms with Crippen molar-refractivity contribution in [2.45, 2.75) is 71.4 Å². The van der Waals surface area contributed by atoms with Gasteiger partial charge < -0.3 is 4.52 Å². The monoisotopic (exact) mass is 330 g/mol. The Kier molecular flexibility index (Phi) is 5.72. The van der Waals surface area contributed by atoms with Gasteiger partial charge in [0.25, 0.3) is 0 Å². The van der Waals surface area contributed by atoms with Crippen LogP contribution >= 0.6 is 0 Å². The maximum atomic E-state index is 5.57. The van der Waals surface area contributed by atoms with Crippen LogP contribution in [-0.4, -0.2) is 33.4 Å². The summed E-state index contributed by atoms with van der Waals surface area (Å²) in [7, 11) is 2.14. The SMILES string of the molecule is Cc1cc(C)n(CCCN(C)Cc2cc(C3CCCCC3)no2)n1. The molecule has 0 radical (unpaired) electrons. The van der Waals surface area contributed by atoms with Gasteiger partial charge in [-0.1, -0.05) is 24.4 Å². The summed E-state index contributed by atoms with van der Waals surface area (Å²) in [5.74, 6) is 1.61. The highest BCUT2D eigenvalue weighted by atomic mass is 16.5. The van der Waals surface area contributed by atoms with Crippen LogP contribution < -0.4 is 0 Å². The molecule has 1 saturated carbocycles. The number of hydrogen-bond donors (Lipinski definition) is 0. The zero-order valence-corrected chi connectivity index (χ0v) is 15.3. The standard InChI is InChI=1S/C19H30N4O/c1-15-12-16(2)23(20-15)11-7-10-22(3)14-18-13-19(21-24-18)17-8-5-4-6-9-17/h12-13,17H,4-11,14H2,1-3H3. The molecule has 0 atom stereocenters. The van der Waals surface area contributed by atoms with Crippen LogP contribution in [0.2, 0.25) is 0 Å². The molecule has 0 bridgehead atoms. The number of aromatic nitrogens is 3. The summed E-state index contributed by atoms with van der Waals surface area (Å²) in [6.45, 7) is 6.98. The first-order chi connectivity index (χ1) is 11.6. The number of aryl methyl sites for hydroxylation is 3. The van der Waals surface area contributed by atoms with E-state index in [4.69, 9.17) is 4.52 Å². The lowest BCUT2D eigenvalue weighted by Crippen LogP contribution is -2.20. The van der Waals surface area contributed by atoms with Gasteiger partial charge in [0.15, 0.2) is 5.76 Å². The molecule has 2 heterocycles. The Bertz CT molecular complexity index is 640. The number of hydrogen-bond acceptors (Lipinski definition) is 4. The molecule has 3 rings (SSSR count). The zero-order chi connectivity index (χ0) is 16.9. The Labute approximate surface area is 145 Å². The van der Waals surface area contributed by atoms with E-state index in [1.165, 1.54) is 43.5 Å². The van der Waals surface area contributed by atoms with Gasteiger partial charge in [0, 0.05) is 30.8 Å². The third-order valence-electron chi connectivity index (χ3n) is 5.04. The van der Waals surface area contributed by atoms with Crippen LogP contribution in [0.3, 0.4) is 0 Å². The quantitative estimate of drug-likeness (QED) is 0.768. The van der Waals surface area contributed by atoms with Gasteiger partial charge in [-0.05, 0) is 46.2 Å². The largest absolute Gasteiger partial charge is 0.360 e. The van der Waals surface area contributed by atoms with Crippen molar-refractivity contribution < 1.29 is 4.52 Å². The molecule has 0 spiro atoms. The van der Waals surface area contributed by atoms with Crippen molar-refractivity contribution in [3.8, 4) is 0 Å². The molecule has 0 saturated heterocycles. The zero-order valence-electron chi connectivity index (χ0n) is 15.3. The minimum atomic E-state index is 0.618. The number of rotatable bonds is 7. The fourth-order valence-electron chi connectivity index (χ4n) is 3.73. The van der Waals surface area contributed by atoms with Crippen LogP contribution in [0.25, 0.3) is 0 Å². The van der Waals surface area contributed by atoms with E-state index in [0.29, 0.717) is 5.92 Å². The van der Waals surface area contributed by atoms with Gasteiger partial charge in [-0.25, -0.2) is 0 Å². The minimum absolute atomic E-state index is 0.618. The summed E-state index contributed by atoms with van der Waals surface area (Å²) in [4.78, 5) is 2.30. The maximum absolute atomic E-state index is 5.57. The van der Waals surface area contributed by atoms with Gasteiger partial charge in [-0.15, -0.1) is 0 Å². The van der Waals surface area contributed by atoms with Crippen LogP contribution in [0.4, 0.5) is 0 Å². The molecule has 1 aliphatic rings. The minimum Gasteiger partial charge on any atom is -0.360 e. The molecule has 132 valence electrons. The Balaban J connectivity index is 1.44. The molecular formula is C19H30N4O. The molecule has 0 amide bonds. The summed E-state index contributed by atoms with van der Waals surface area (Å²) < 4.78 is 7.66. The van der Waals surface area contributed by atoms with Gasteiger partial charge in [0.05, 0.1) is 17.9 Å². The highest BCUT2D eigenvalue weighted by Gasteiger charge is 2.19. The summed E-state index contributed by atoms with van der Waals surface area (Å²) in [6, 6.07) is 4.30. The molecule has 2 aromatic heterocycles. The van der Waals surface area contributed by atoms with E-state index in [9.17, 15) is 0 Å². The molecule has 24 heavy (non-hydrogen) atoms. The Morgan fingerprint density at radius 3 is 2.71 bits per heavy atom. The van der Waals surface area contributed by atoms with Crippen molar-refractivity contribution in [1.82, 2.24) is 19.8 Å². The molecule has 1 fully saturated rings. The lowest BCUT2D eigenvalue weighted by atomic mass is 9.87. The van der Waals surface area contributed by atoms with Gasteiger partial charge in [0.2, 0.25) is 0 Å². The maximum Gasteiger partial charge on any atom is 0.150 e. The van der Waals surface area contributed by atoms with Crippen LogP contribution in [0.1, 0.15) is 67.3 Å². The summed E-state index contributed by atoms with van der Waals surface area (Å²) in [5, 5.41) is 8.84. The van der Waals surface area contributed by atoms with Gasteiger partial charge >= 0.3 is 0 Å². The first-order valence-corrected chi connectivity index (χ1v) is 9.27. The third kappa shape index (κ3) is 4.47. The fraction of sp³-hybridized carbons (Fsp3) is 0.684. The van der Waals surface area contributed by atoms with E-state index in [-0.39, 0.29) is 0 Å². The van der Waals surface area contributed by atoms with Crippen molar-refractivity contribution in [2.75, 3.05) is 13.6 Å². The first-order valence-electron chi connectivity index (χ1n) is 9.27. The average molecular weight is 330 g/mol. The van der Waals surface area contributed by atoms with Crippen molar-refractivity contribution in [3.63, 3.8) is 0 Å². The second-order valence-corrected chi connectivity index (χ2v) is 7.29. The van der Waals surface area contributed by atoms with Gasteiger partial charge in [-0.2, -0.15) is 5.10 Å². The fourth-order valence-corrected chi connectivity index (χ4v) is 3.73. The Morgan fingerprint density at radius 2 is 2.00 bits per heavy atom. The molecule has 2 aromatic rings. The van der Waals surface area contributed by atoms with E-state index in [1.54, 1.807) is 0 Å². The third-order valence-corrected chi connectivity index (χ3v) is 5.04. The van der Waals surface area contributed by atoms with E-state index in [0.717, 1.165) is 37.5 Å². The molecule has 0 unspecified atom stereocenters. The predicted octanol–water partition coefficient (Wildman–Crippen LogP) is 4.06. The lowest BCUT2D eigenvalue weighted by Gasteiger charge is -2.18. The van der Waals surface area contributed by atoms with Crippen molar-refractivity contribution in [2.24, 2.45) is 0 Å². The van der Waals surface area contributed by atoms with E-state index < -0.39 is 0 Å². The highest BCUT2D eigenvalue weighted by molar-refractivity contribution is 5.11. The first kappa shape index (κ1) is 17.2. The summed E-state index contributed by atoms with van der Waals surface area (Å²) in [6.07, 6.45) is 7.66. The van der Waals surface area contributed by atoms with Crippen LogP contribution in [0.5, 0.6) is 0 Å². The summed E-state index contributed by atoms with van der Waals surface area (Å²) in [5.41, 5.74) is 3.50. The smallest absolute Gasteiger partial charge is 0.150 e. The van der Waals surface area contributed by atoms with E-state index >= 15 is 0 Å². The molecule has 0 aliphatic heterocycles. The molecular weight excluding hydrogens is 300 g/mol. The second kappa shape index (κ2) is 7.97. The van der Waals surface area contributed by atoms with Crippen LogP contribution in [-0.2, 0) is 13.1 Å². The van der Waals surface area contributed by atoms with E-state index in [1.807, 2.05) is 6.92 Å². The predicted molar refractivity (Wildman–Crippen MR) is 95.0 cm³/mol. The van der Waals surface area contributed by atoms with E-state index in [2.05, 4.69) is 45.9 Å². The molecule has 5 nitrogen and oxygen atoms in total. The number of nitrogens with zero attached hydrogens (tertiary/aromatic N) is 4. The average Bonchev–Trinajstić information content (AvgIpc) is 3.15. The Morgan fingerprint density at radius 1 is 1.21 bits per heavy atom. The van der Waals surface area contributed by atoms with Crippen LogP contribution in [0, 0.1) is 13.8 Å². The van der Waals surface area contributed by atoms with Crippen molar-refractivity contribution in [1.29, 1.82) is 0 Å². The van der Waals surface area contributed by atoms with Crippen LogP contribution in [0.15, 0.2) is 16.7 Å². The lowest BCUT2D eigenvalue weighted by molar-refractivity contribution is 0.262.